The van der Waals surface area contributed by atoms with Crippen molar-refractivity contribution in [2.24, 2.45) is 5.73 Å². The summed E-state index contributed by atoms with van der Waals surface area (Å²) in [5.41, 5.74) is 4.00. The molecule has 0 bridgehead atoms. The van der Waals surface area contributed by atoms with E-state index in [1.165, 1.54) is 0 Å². The van der Waals surface area contributed by atoms with Crippen LogP contribution in [0.3, 0.4) is 0 Å². The minimum Gasteiger partial charge on any atom is -0.330 e. The number of hydrogen-bond acceptors (Lipinski definition) is 3. The Balaban J connectivity index is 0.00000400. The summed E-state index contributed by atoms with van der Waals surface area (Å²) in [6.07, 6.45) is -3.78. The van der Waals surface area contributed by atoms with Gasteiger partial charge in [0.05, 0.1) is 5.56 Å². The summed E-state index contributed by atoms with van der Waals surface area (Å²) in [6.45, 7) is 0.342. The molecule has 3 N–H and O–H groups in total. The smallest absolute Gasteiger partial charge is 0.330 e. The van der Waals surface area contributed by atoms with Crippen LogP contribution in [0, 0.1) is 5.82 Å². The number of halogens is 5. The van der Waals surface area contributed by atoms with E-state index in [0.717, 1.165) is 0 Å². The van der Waals surface area contributed by atoms with Gasteiger partial charge < -0.3 is 5.73 Å². The standard InChI is InChI=1S/C11H14F4N2O2S.ClH/c12-9-4-3-8(11(13,14)15)7-10(9)20(18,19)17-6-2-1-5-16;/h3-4,7,17H,1-2,5-6,16H2;1H. The van der Waals surface area contributed by atoms with Gasteiger partial charge in [-0.1, -0.05) is 0 Å². The number of rotatable bonds is 6. The molecule has 0 unspecified atom stereocenters. The number of nitrogens with one attached hydrogen (secondary N) is 1. The van der Waals surface area contributed by atoms with Crippen LogP contribution in [0.2, 0.25) is 0 Å². The van der Waals surface area contributed by atoms with Crippen LogP contribution in [0.15, 0.2) is 23.1 Å². The van der Waals surface area contributed by atoms with Crippen LogP contribution in [0.4, 0.5) is 17.6 Å². The zero-order valence-electron chi connectivity index (χ0n) is 10.8. The van der Waals surface area contributed by atoms with Gasteiger partial charge in [-0.25, -0.2) is 17.5 Å². The minimum absolute atomic E-state index is 0. The second kappa shape index (κ2) is 7.92. The fraction of sp³-hybridized carbons (Fsp3) is 0.455. The Bertz CT molecular complexity index is 564. The minimum atomic E-state index is -4.74. The van der Waals surface area contributed by atoms with Crippen LogP contribution in [-0.4, -0.2) is 21.5 Å². The average molecular weight is 351 g/mol. The molecule has 0 aliphatic carbocycles. The first-order valence-electron chi connectivity index (χ1n) is 5.75. The number of unbranched alkanes of at least 4 members (excludes halogenated alkanes) is 1. The van der Waals surface area contributed by atoms with Gasteiger partial charge in [-0.15, -0.1) is 12.4 Å². The van der Waals surface area contributed by atoms with Crippen LogP contribution < -0.4 is 10.5 Å². The molecule has 0 aliphatic heterocycles. The van der Waals surface area contributed by atoms with Crippen LogP contribution in [0.5, 0.6) is 0 Å². The van der Waals surface area contributed by atoms with Crippen molar-refractivity contribution in [3.63, 3.8) is 0 Å². The largest absolute Gasteiger partial charge is 0.416 e. The van der Waals surface area contributed by atoms with Gasteiger partial charge in [-0.3, -0.25) is 0 Å². The second-order valence-corrected chi connectivity index (χ2v) is 5.77. The summed E-state index contributed by atoms with van der Waals surface area (Å²) in [5, 5.41) is 0. The predicted molar refractivity (Wildman–Crippen MR) is 72.1 cm³/mol. The molecule has 0 aromatic heterocycles. The highest BCUT2D eigenvalue weighted by atomic mass is 35.5. The first-order valence-corrected chi connectivity index (χ1v) is 7.23. The molecule has 0 aliphatic rings. The van der Waals surface area contributed by atoms with Crippen molar-refractivity contribution in [3.05, 3.63) is 29.6 Å². The first kappa shape index (κ1) is 20.1. The normalized spacial score (nSPS) is 12.0. The van der Waals surface area contributed by atoms with Crippen molar-refractivity contribution in [2.75, 3.05) is 13.1 Å². The molecule has 4 nitrogen and oxygen atoms in total. The maximum Gasteiger partial charge on any atom is 0.416 e. The maximum absolute atomic E-state index is 13.4. The van der Waals surface area contributed by atoms with Crippen LogP contribution in [0.1, 0.15) is 18.4 Å². The quantitative estimate of drug-likeness (QED) is 0.610. The average Bonchev–Trinajstić information content (AvgIpc) is 2.33. The highest BCUT2D eigenvalue weighted by molar-refractivity contribution is 7.89. The summed E-state index contributed by atoms with van der Waals surface area (Å²) in [7, 11) is -4.32. The van der Waals surface area contributed by atoms with Crippen molar-refractivity contribution < 1.29 is 26.0 Å². The van der Waals surface area contributed by atoms with E-state index in [-0.39, 0.29) is 25.0 Å². The SMILES string of the molecule is Cl.NCCCCNS(=O)(=O)c1cc(C(F)(F)F)ccc1F. The molecule has 0 saturated heterocycles. The van der Waals surface area contributed by atoms with E-state index in [4.69, 9.17) is 5.73 Å². The molecule has 1 rings (SSSR count). The highest BCUT2D eigenvalue weighted by Gasteiger charge is 2.32. The third-order valence-corrected chi connectivity index (χ3v) is 3.95. The lowest BCUT2D eigenvalue weighted by atomic mass is 10.2. The first-order chi connectivity index (χ1) is 9.18. The Labute approximate surface area is 126 Å². The fourth-order valence-corrected chi connectivity index (χ4v) is 2.61. The van der Waals surface area contributed by atoms with Crippen LogP contribution in [-0.2, 0) is 16.2 Å². The van der Waals surface area contributed by atoms with Gasteiger partial charge in [0.25, 0.3) is 0 Å². The molecule has 10 heteroatoms. The van der Waals surface area contributed by atoms with E-state index in [9.17, 15) is 26.0 Å². The van der Waals surface area contributed by atoms with E-state index in [2.05, 4.69) is 0 Å². The van der Waals surface area contributed by atoms with Crippen molar-refractivity contribution in [3.8, 4) is 0 Å². The lowest BCUT2D eigenvalue weighted by molar-refractivity contribution is -0.137. The third kappa shape index (κ3) is 5.77. The Morgan fingerprint density at radius 1 is 1.19 bits per heavy atom. The summed E-state index contributed by atoms with van der Waals surface area (Å²) < 4.78 is 76.4. The van der Waals surface area contributed by atoms with Gasteiger partial charge in [-0.05, 0) is 37.6 Å². The van der Waals surface area contributed by atoms with E-state index in [0.29, 0.717) is 31.5 Å². The molecule has 0 amide bonds. The molecule has 0 heterocycles. The Kier molecular flexibility index (Phi) is 7.58. The molecule has 122 valence electrons. The van der Waals surface area contributed by atoms with Crippen LogP contribution in [0.25, 0.3) is 0 Å². The van der Waals surface area contributed by atoms with Crippen molar-refractivity contribution in [2.45, 2.75) is 23.9 Å². The number of nitrogens with two attached hydrogens (primary N) is 1. The van der Waals surface area contributed by atoms with Crippen LogP contribution >= 0.6 is 12.4 Å². The summed E-state index contributed by atoms with van der Waals surface area (Å²) >= 11 is 0. The van der Waals surface area contributed by atoms with E-state index >= 15 is 0 Å². The van der Waals surface area contributed by atoms with Gasteiger partial charge in [0, 0.05) is 6.54 Å². The molecule has 0 saturated carbocycles. The number of alkyl halides is 3. The third-order valence-electron chi connectivity index (χ3n) is 2.47. The van der Waals surface area contributed by atoms with Crippen molar-refractivity contribution in [1.82, 2.24) is 4.72 Å². The lowest BCUT2D eigenvalue weighted by Crippen LogP contribution is -2.26. The molecule has 0 spiro atoms. The highest BCUT2D eigenvalue weighted by Crippen LogP contribution is 2.31. The molecule has 21 heavy (non-hydrogen) atoms. The Morgan fingerprint density at radius 3 is 2.33 bits per heavy atom. The number of hydrogen-bond donors (Lipinski definition) is 2. The van der Waals surface area contributed by atoms with Gasteiger partial charge >= 0.3 is 6.18 Å². The zero-order chi connectivity index (χ0) is 15.4. The van der Waals surface area contributed by atoms with Gasteiger partial charge in [0.2, 0.25) is 10.0 Å². The summed E-state index contributed by atoms with van der Waals surface area (Å²) in [4.78, 5) is -1.01. The fourth-order valence-electron chi connectivity index (χ4n) is 1.44. The topological polar surface area (TPSA) is 72.2 Å². The van der Waals surface area contributed by atoms with Gasteiger partial charge in [-0.2, -0.15) is 13.2 Å². The monoisotopic (exact) mass is 350 g/mol. The van der Waals surface area contributed by atoms with Crippen molar-refractivity contribution in [1.29, 1.82) is 0 Å². The maximum atomic E-state index is 13.4. The molecule has 0 atom stereocenters. The summed E-state index contributed by atoms with van der Waals surface area (Å²) in [6, 6.07) is 1.25. The Morgan fingerprint density at radius 2 is 1.81 bits per heavy atom. The molecule has 0 radical (unpaired) electrons. The Hall–Kier alpha value is -0.900. The predicted octanol–water partition coefficient (Wildman–Crippen LogP) is 2.28. The molecule has 0 fully saturated rings. The second-order valence-electron chi connectivity index (χ2n) is 4.04. The molecular weight excluding hydrogens is 336 g/mol. The number of benzene rings is 1. The lowest BCUT2D eigenvalue weighted by Gasteiger charge is -2.11. The molecule has 1 aromatic carbocycles. The number of sulfonamides is 1. The van der Waals surface area contributed by atoms with E-state index in [1.54, 1.807) is 0 Å². The van der Waals surface area contributed by atoms with E-state index < -0.39 is 32.5 Å². The van der Waals surface area contributed by atoms with Gasteiger partial charge in [0.15, 0.2) is 0 Å². The summed E-state index contributed by atoms with van der Waals surface area (Å²) in [5.74, 6) is -1.23. The molecular formula is C11H15ClF4N2O2S. The van der Waals surface area contributed by atoms with Gasteiger partial charge in [0.1, 0.15) is 10.7 Å². The van der Waals surface area contributed by atoms with Crippen molar-refractivity contribution >= 4 is 22.4 Å². The van der Waals surface area contributed by atoms with E-state index in [1.807, 2.05) is 4.72 Å². The zero-order valence-corrected chi connectivity index (χ0v) is 12.4. The molecule has 1 aromatic rings.